The lowest BCUT2D eigenvalue weighted by molar-refractivity contribution is -0.143. The molecule has 3 rings (SSSR count). The predicted octanol–water partition coefficient (Wildman–Crippen LogP) is 6.22. The van der Waals surface area contributed by atoms with E-state index < -0.39 is 35.4 Å². The number of rotatable bonds is 4. The summed E-state index contributed by atoms with van der Waals surface area (Å²) in [6.45, 7) is 3.72. The molecule has 0 radical (unpaired) electrons. The van der Waals surface area contributed by atoms with Gasteiger partial charge >= 0.3 is 12.4 Å². The van der Waals surface area contributed by atoms with Crippen molar-refractivity contribution in [1.82, 2.24) is 14.8 Å². The zero-order chi connectivity index (χ0) is 23.4. The second-order valence-electron chi connectivity index (χ2n) is 5.80. The van der Waals surface area contributed by atoms with Crippen LogP contribution in [0.2, 0.25) is 0 Å². The molecule has 2 aromatic heterocycles. The maximum Gasteiger partial charge on any atom is 0.435 e. The van der Waals surface area contributed by atoms with Crippen LogP contribution in [0.3, 0.4) is 0 Å². The molecule has 0 saturated carbocycles. The number of alkyl halides is 6. The SMILES string of the molecule is CC.Fc1cncc(F)c1CNc1ccc(-n2nc(C(F)(F)F)cc2C(F)(F)F)cc1. The van der Waals surface area contributed by atoms with Crippen molar-refractivity contribution >= 4 is 5.69 Å². The Morgan fingerprint density at radius 2 is 1.42 bits per heavy atom. The van der Waals surface area contributed by atoms with Gasteiger partial charge in [-0.05, 0) is 24.3 Å². The molecule has 1 N–H and O–H groups in total. The number of hydrogen-bond acceptors (Lipinski definition) is 3. The van der Waals surface area contributed by atoms with Crippen LogP contribution >= 0.6 is 0 Å². The Bertz CT molecular complexity index is 987. The molecule has 12 heteroatoms. The minimum atomic E-state index is -5.07. The quantitative estimate of drug-likeness (QED) is 0.478. The van der Waals surface area contributed by atoms with Gasteiger partial charge in [-0.3, -0.25) is 4.98 Å². The van der Waals surface area contributed by atoms with E-state index in [-0.39, 0.29) is 34.2 Å². The fraction of sp³-hybridized carbons (Fsp3) is 0.263. The third kappa shape index (κ3) is 5.70. The Morgan fingerprint density at radius 3 is 1.90 bits per heavy atom. The molecule has 0 atom stereocenters. The normalized spacial score (nSPS) is 11.7. The van der Waals surface area contributed by atoms with E-state index in [9.17, 15) is 35.1 Å². The lowest BCUT2D eigenvalue weighted by Crippen LogP contribution is -2.13. The van der Waals surface area contributed by atoms with Crippen molar-refractivity contribution in [2.24, 2.45) is 0 Å². The average molecular weight is 452 g/mol. The van der Waals surface area contributed by atoms with Crippen molar-refractivity contribution < 1.29 is 35.1 Å². The Kier molecular flexibility index (Phi) is 7.24. The molecule has 0 aliphatic carbocycles. The van der Waals surface area contributed by atoms with E-state index in [1.807, 2.05) is 13.8 Å². The van der Waals surface area contributed by atoms with E-state index in [2.05, 4.69) is 15.4 Å². The zero-order valence-corrected chi connectivity index (χ0v) is 16.1. The van der Waals surface area contributed by atoms with Gasteiger partial charge in [0.25, 0.3) is 0 Å². The highest BCUT2D eigenvalue weighted by Crippen LogP contribution is 2.36. The Balaban J connectivity index is 0.00000166. The molecule has 0 saturated heterocycles. The smallest absolute Gasteiger partial charge is 0.381 e. The molecule has 0 spiro atoms. The van der Waals surface area contributed by atoms with Gasteiger partial charge in [-0.2, -0.15) is 31.4 Å². The number of nitrogens with one attached hydrogen (secondary N) is 1. The summed E-state index contributed by atoms with van der Waals surface area (Å²) in [5.74, 6) is -1.78. The van der Waals surface area contributed by atoms with Gasteiger partial charge in [0.15, 0.2) is 5.69 Å². The summed E-state index contributed by atoms with van der Waals surface area (Å²) in [5, 5.41) is 5.67. The largest absolute Gasteiger partial charge is 0.435 e. The van der Waals surface area contributed by atoms with Crippen molar-refractivity contribution in [3.05, 3.63) is 71.3 Å². The summed E-state index contributed by atoms with van der Waals surface area (Å²) in [6.07, 6.45) is -8.48. The second-order valence-corrected chi connectivity index (χ2v) is 5.80. The number of pyridine rings is 1. The van der Waals surface area contributed by atoms with Crippen LogP contribution in [0.25, 0.3) is 5.69 Å². The van der Waals surface area contributed by atoms with Crippen LogP contribution in [0.1, 0.15) is 30.8 Å². The Hall–Kier alpha value is -3.18. The first-order chi connectivity index (χ1) is 14.5. The van der Waals surface area contributed by atoms with Gasteiger partial charge in [0.2, 0.25) is 0 Å². The van der Waals surface area contributed by atoms with Gasteiger partial charge in [-0.15, -0.1) is 0 Å². The fourth-order valence-corrected chi connectivity index (χ4v) is 2.44. The van der Waals surface area contributed by atoms with Gasteiger partial charge in [0.05, 0.1) is 18.1 Å². The van der Waals surface area contributed by atoms with E-state index in [0.29, 0.717) is 0 Å². The third-order valence-corrected chi connectivity index (χ3v) is 3.82. The highest BCUT2D eigenvalue weighted by Gasteiger charge is 2.42. The fourth-order valence-electron chi connectivity index (χ4n) is 2.44. The lowest BCUT2D eigenvalue weighted by Gasteiger charge is -2.12. The molecule has 0 fully saturated rings. The number of halogens is 8. The van der Waals surface area contributed by atoms with Crippen molar-refractivity contribution in [2.75, 3.05) is 5.32 Å². The van der Waals surface area contributed by atoms with Gasteiger partial charge in [-0.25, -0.2) is 13.5 Å². The first-order valence-corrected chi connectivity index (χ1v) is 8.83. The Morgan fingerprint density at radius 1 is 0.871 bits per heavy atom. The van der Waals surface area contributed by atoms with Crippen LogP contribution in [-0.4, -0.2) is 14.8 Å². The summed E-state index contributed by atoms with van der Waals surface area (Å²) < 4.78 is 105. The molecule has 0 bridgehead atoms. The molecule has 2 heterocycles. The first kappa shape index (κ1) is 24.1. The first-order valence-electron chi connectivity index (χ1n) is 8.83. The van der Waals surface area contributed by atoms with Crippen LogP contribution in [0, 0.1) is 11.6 Å². The van der Waals surface area contributed by atoms with E-state index in [4.69, 9.17) is 0 Å². The molecule has 168 valence electrons. The van der Waals surface area contributed by atoms with E-state index >= 15 is 0 Å². The maximum absolute atomic E-state index is 13.5. The average Bonchev–Trinajstić information content (AvgIpc) is 3.16. The number of aromatic nitrogens is 3. The van der Waals surface area contributed by atoms with Crippen LogP contribution in [0.15, 0.2) is 42.7 Å². The molecular formula is C19H16F8N4. The monoisotopic (exact) mass is 452 g/mol. The molecule has 0 amide bonds. The van der Waals surface area contributed by atoms with E-state index in [1.165, 1.54) is 12.1 Å². The van der Waals surface area contributed by atoms with Crippen molar-refractivity contribution in [3.63, 3.8) is 0 Å². The number of benzene rings is 1. The zero-order valence-electron chi connectivity index (χ0n) is 16.1. The summed E-state index contributed by atoms with van der Waals surface area (Å²) in [5.41, 5.74) is -3.59. The topological polar surface area (TPSA) is 42.7 Å². The van der Waals surface area contributed by atoms with Crippen LogP contribution in [0.5, 0.6) is 0 Å². The van der Waals surface area contributed by atoms with E-state index in [0.717, 1.165) is 24.5 Å². The van der Waals surface area contributed by atoms with Gasteiger partial charge in [-0.1, -0.05) is 13.8 Å². The summed E-state index contributed by atoms with van der Waals surface area (Å²) in [6, 6.07) is 4.57. The van der Waals surface area contributed by atoms with Gasteiger partial charge < -0.3 is 5.32 Å². The van der Waals surface area contributed by atoms with Crippen molar-refractivity contribution in [1.29, 1.82) is 0 Å². The molecule has 0 aliphatic rings. The molecule has 4 nitrogen and oxygen atoms in total. The second kappa shape index (κ2) is 9.31. The number of hydrogen-bond donors (Lipinski definition) is 1. The molecule has 1 aromatic carbocycles. The molecule has 3 aromatic rings. The van der Waals surface area contributed by atoms with Crippen molar-refractivity contribution in [2.45, 2.75) is 32.7 Å². The third-order valence-electron chi connectivity index (χ3n) is 3.82. The molecule has 0 unspecified atom stereocenters. The Labute approximate surface area is 171 Å². The van der Waals surface area contributed by atoms with E-state index in [1.54, 1.807) is 0 Å². The standard InChI is InChI=1S/C17H10F8N4.C2H6/c18-12-7-26-8-13(19)11(12)6-27-9-1-3-10(4-2-9)29-15(17(23,24)25)5-14(28-29)16(20,21)22;1-2/h1-5,7-8,27H,6H2;1-2H3. The molecule has 0 aliphatic heterocycles. The minimum absolute atomic E-state index is 0.0822. The summed E-state index contributed by atoms with van der Waals surface area (Å²) >= 11 is 0. The number of nitrogens with zero attached hydrogens (tertiary/aromatic N) is 3. The maximum atomic E-state index is 13.5. The predicted molar refractivity (Wildman–Crippen MR) is 96.4 cm³/mol. The highest BCUT2D eigenvalue weighted by atomic mass is 19.4. The summed E-state index contributed by atoms with van der Waals surface area (Å²) in [4.78, 5) is 3.33. The number of anilines is 1. The highest BCUT2D eigenvalue weighted by molar-refractivity contribution is 5.49. The van der Waals surface area contributed by atoms with Gasteiger partial charge in [0.1, 0.15) is 17.3 Å². The van der Waals surface area contributed by atoms with Gasteiger partial charge in [0, 0.05) is 23.9 Å². The van der Waals surface area contributed by atoms with Crippen LogP contribution in [-0.2, 0) is 18.9 Å². The lowest BCUT2D eigenvalue weighted by atomic mass is 10.2. The summed E-state index contributed by atoms with van der Waals surface area (Å²) in [7, 11) is 0. The molecule has 31 heavy (non-hydrogen) atoms. The minimum Gasteiger partial charge on any atom is -0.381 e. The van der Waals surface area contributed by atoms with Crippen LogP contribution < -0.4 is 5.32 Å². The molecular weight excluding hydrogens is 436 g/mol. The van der Waals surface area contributed by atoms with Crippen LogP contribution in [0.4, 0.5) is 40.8 Å². The van der Waals surface area contributed by atoms with Crippen molar-refractivity contribution in [3.8, 4) is 5.69 Å².